The van der Waals surface area contributed by atoms with E-state index in [9.17, 15) is 9.90 Å². The van der Waals surface area contributed by atoms with Gasteiger partial charge in [0.1, 0.15) is 0 Å². The maximum atomic E-state index is 11.7. The summed E-state index contributed by atoms with van der Waals surface area (Å²) in [6.45, 7) is 1.80. The molecule has 0 aliphatic rings. The van der Waals surface area contributed by atoms with E-state index in [0.717, 1.165) is 21.5 Å². The van der Waals surface area contributed by atoms with Gasteiger partial charge in [0.2, 0.25) is 0 Å². The van der Waals surface area contributed by atoms with Crippen molar-refractivity contribution in [3.63, 3.8) is 0 Å². The molecule has 0 atom stereocenters. The maximum Gasteiger partial charge on any atom is 0.360 e. The zero-order valence-corrected chi connectivity index (χ0v) is 14.1. The van der Waals surface area contributed by atoms with Gasteiger partial charge in [0.15, 0.2) is 11.4 Å². The van der Waals surface area contributed by atoms with Crippen LogP contribution in [0.1, 0.15) is 27.3 Å². The monoisotopic (exact) mass is 341 g/mol. The molecule has 0 saturated carbocycles. The van der Waals surface area contributed by atoms with E-state index in [1.807, 2.05) is 36.4 Å². The minimum Gasteiger partial charge on any atom is -0.505 e. The van der Waals surface area contributed by atoms with Crippen LogP contribution in [0.3, 0.4) is 0 Å². The summed E-state index contributed by atoms with van der Waals surface area (Å²) >= 11 is 6.22. The zero-order chi connectivity index (χ0) is 17.3. The molecule has 3 aromatic rings. The topological polar surface area (TPSA) is 59.4 Å². The van der Waals surface area contributed by atoms with Crippen LogP contribution in [0.4, 0.5) is 0 Å². The normalized spacial score (nSPS) is 10.8. The quantitative estimate of drug-likeness (QED) is 0.722. The van der Waals surface area contributed by atoms with Gasteiger partial charge in [-0.1, -0.05) is 41.9 Å². The molecule has 2 aromatic carbocycles. The molecule has 1 aromatic heterocycles. The number of halogens is 1. The molecule has 3 rings (SSSR count). The summed E-state index contributed by atoms with van der Waals surface area (Å²) in [6, 6.07) is 13.3. The van der Waals surface area contributed by atoms with Gasteiger partial charge in [-0.2, -0.15) is 0 Å². The van der Waals surface area contributed by atoms with Gasteiger partial charge in [-0.3, -0.25) is 0 Å². The Morgan fingerprint density at radius 3 is 2.67 bits per heavy atom. The molecular weight excluding hydrogens is 326 g/mol. The van der Waals surface area contributed by atoms with Gasteiger partial charge in [-0.05, 0) is 36.6 Å². The van der Waals surface area contributed by atoms with E-state index in [-0.39, 0.29) is 11.4 Å². The van der Waals surface area contributed by atoms with E-state index >= 15 is 0 Å². The fourth-order valence-corrected chi connectivity index (χ4v) is 2.92. The number of fused-ring (bicyclic) bond motifs is 1. The van der Waals surface area contributed by atoms with Crippen molar-refractivity contribution in [2.45, 2.75) is 13.3 Å². The van der Waals surface area contributed by atoms with Crippen molar-refractivity contribution < 1.29 is 14.6 Å². The summed E-state index contributed by atoms with van der Waals surface area (Å²) in [6.07, 6.45) is 0.675. The lowest BCUT2D eigenvalue weighted by atomic mass is 9.99. The Kier molecular flexibility index (Phi) is 4.40. The number of aromatic hydroxyl groups is 1. The van der Waals surface area contributed by atoms with E-state index in [4.69, 9.17) is 11.6 Å². The molecule has 1 heterocycles. The van der Waals surface area contributed by atoms with Gasteiger partial charge in [-0.15, -0.1) is 0 Å². The van der Waals surface area contributed by atoms with Crippen molar-refractivity contribution in [2.24, 2.45) is 0 Å². The van der Waals surface area contributed by atoms with E-state index in [2.05, 4.69) is 9.72 Å². The highest BCUT2D eigenvalue weighted by Crippen LogP contribution is 2.31. The van der Waals surface area contributed by atoms with Crippen LogP contribution in [-0.2, 0) is 11.2 Å². The minimum atomic E-state index is -0.655. The van der Waals surface area contributed by atoms with Crippen LogP contribution in [0.2, 0.25) is 5.02 Å². The molecule has 0 aliphatic carbocycles. The Balaban J connectivity index is 2.08. The van der Waals surface area contributed by atoms with Crippen LogP contribution < -0.4 is 0 Å². The summed E-state index contributed by atoms with van der Waals surface area (Å²) in [7, 11) is 1.26. The Labute approximate surface area is 144 Å². The second-order valence-corrected chi connectivity index (χ2v) is 5.94. The minimum absolute atomic E-state index is 0.0682. The smallest absolute Gasteiger partial charge is 0.360 e. The predicted molar refractivity (Wildman–Crippen MR) is 93.7 cm³/mol. The van der Waals surface area contributed by atoms with Gasteiger partial charge in [0.25, 0.3) is 0 Å². The third kappa shape index (κ3) is 2.93. The Morgan fingerprint density at radius 2 is 1.96 bits per heavy atom. The number of hydrogen-bond donors (Lipinski definition) is 1. The average Bonchev–Trinajstić information content (AvgIpc) is 2.59. The van der Waals surface area contributed by atoms with Crippen molar-refractivity contribution in [3.8, 4) is 5.75 Å². The lowest BCUT2D eigenvalue weighted by Crippen LogP contribution is -2.06. The number of nitrogens with zero attached hydrogens (tertiary/aromatic N) is 1. The largest absolute Gasteiger partial charge is 0.505 e. The number of esters is 1. The highest BCUT2D eigenvalue weighted by molar-refractivity contribution is 6.31. The van der Waals surface area contributed by atoms with E-state index in [0.29, 0.717) is 17.5 Å². The summed E-state index contributed by atoms with van der Waals surface area (Å²) in [5, 5.41) is 12.4. The van der Waals surface area contributed by atoms with Crippen molar-refractivity contribution in [1.29, 1.82) is 0 Å². The fourth-order valence-electron chi connectivity index (χ4n) is 2.72. The van der Waals surface area contributed by atoms with E-state index in [1.54, 1.807) is 13.0 Å². The SMILES string of the molecule is COC(=O)c1nc(C)c2cc(Cc3ccccc3Cl)ccc2c1O. The number of carbonyl (C=O) groups is 1. The van der Waals surface area contributed by atoms with Crippen LogP contribution in [0, 0.1) is 6.92 Å². The molecule has 0 radical (unpaired) electrons. The number of ether oxygens (including phenoxy) is 1. The second kappa shape index (κ2) is 6.49. The average molecular weight is 342 g/mol. The number of hydrogen-bond acceptors (Lipinski definition) is 4. The third-order valence-corrected chi connectivity index (χ3v) is 4.33. The maximum absolute atomic E-state index is 11.7. The molecule has 0 fully saturated rings. The summed E-state index contributed by atoms with van der Waals surface area (Å²) < 4.78 is 4.66. The summed E-state index contributed by atoms with van der Waals surface area (Å²) in [5.41, 5.74) is 2.66. The lowest BCUT2D eigenvalue weighted by Gasteiger charge is -2.11. The van der Waals surface area contributed by atoms with Gasteiger partial charge < -0.3 is 9.84 Å². The van der Waals surface area contributed by atoms with Gasteiger partial charge in [0, 0.05) is 21.5 Å². The standard InChI is InChI=1S/C19H16ClNO3/c1-11-15-10-12(9-13-5-3-4-6-16(13)20)7-8-14(15)18(22)17(21-11)19(23)24-2/h3-8,10,22H,9H2,1-2H3. The highest BCUT2D eigenvalue weighted by Gasteiger charge is 2.18. The molecule has 0 aliphatic heterocycles. The first-order valence-electron chi connectivity index (χ1n) is 7.45. The van der Waals surface area contributed by atoms with E-state index < -0.39 is 5.97 Å². The molecule has 0 unspecified atom stereocenters. The molecule has 24 heavy (non-hydrogen) atoms. The molecule has 122 valence electrons. The number of aryl methyl sites for hydroxylation is 1. The number of carbonyl (C=O) groups excluding carboxylic acids is 1. The number of methoxy groups -OCH3 is 1. The van der Waals surface area contributed by atoms with Crippen molar-refractivity contribution in [2.75, 3.05) is 7.11 Å². The Bertz CT molecular complexity index is 937. The molecule has 0 spiro atoms. The number of pyridine rings is 1. The van der Waals surface area contributed by atoms with Crippen molar-refractivity contribution in [3.05, 3.63) is 70.0 Å². The second-order valence-electron chi connectivity index (χ2n) is 5.53. The van der Waals surface area contributed by atoms with Crippen LogP contribution in [-0.4, -0.2) is 23.2 Å². The first-order chi connectivity index (χ1) is 11.5. The van der Waals surface area contributed by atoms with Crippen LogP contribution in [0.5, 0.6) is 5.75 Å². The first-order valence-corrected chi connectivity index (χ1v) is 7.83. The summed E-state index contributed by atoms with van der Waals surface area (Å²) in [4.78, 5) is 15.9. The number of benzene rings is 2. The molecule has 0 bridgehead atoms. The Hall–Kier alpha value is -2.59. The molecule has 1 N–H and O–H groups in total. The third-order valence-electron chi connectivity index (χ3n) is 3.96. The molecule has 0 amide bonds. The van der Waals surface area contributed by atoms with E-state index in [1.165, 1.54) is 7.11 Å². The van der Waals surface area contributed by atoms with Gasteiger partial charge in [0.05, 0.1) is 7.11 Å². The molecular formula is C19H16ClNO3. The lowest BCUT2D eigenvalue weighted by molar-refractivity contribution is 0.0590. The van der Waals surface area contributed by atoms with Crippen LogP contribution >= 0.6 is 11.6 Å². The zero-order valence-electron chi connectivity index (χ0n) is 13.3. The molecule has 4 nitrogen and oxygen atoms in total. The van der Waals surface area contributed by atoms with Crippen molar-refractivity contribution >= 4 is 28.3 Å². The number of aromatic nitrogens is 1. The highest BCUT2D eigenvalue weighted by atomic mass is 35.5. The fraction of sp³-hybridized carbons (Fsp3) is 0.158. The first kappa shape index (κ1) is 16.3. The molecule has 0 saturated heterocycles. The molecule has 5 heteroatoms. The Morgan fingerprint density at radius 1 is 1.21 bits per heavy atom. The van der Waals surface area contributed by atoms with Crippen LogP contribution in [0.15, 0.2) is 42.5 Å². The van der Waals surface area contributed by atoms with Gasteiger partial charge in [-0.25, -0.2) is 9.78 Å². The van der Waals surface area contributed by atoms with Crippen LogP contribution in [0.25, 0.3) is 10.8 Å². The van der Waals surface area contributed by atoms with Gasteiger partial charge >= 0.3 is 5.97 Å². The summed E-state index contributed by atoms with van der Waals surface area (Å²) in [5.74, 6) is -0.815. The number of rotatable bonds is 3. The van der Waals surface area contributed by atoms with Crippen molar-refractivity contribution in [1.82, 2.24) is 4.98 Å². The predicted octanol–water partition coefficient (Wildman–Crippen LogP) is 4.28.